The predicted molar refractivity (Wildman–Crippen MR) is 130 cm³/mol. The normalized spacial score (nSPS) is 13.8. The maximum atomic E-state index is 12.2. The minimum Gasteiger partial charge on any atom is -0.543 e. The van der Waals surface area contributed by atoms with Gasteiger partial charge in [-0.05, 0) is 63.8 Å². The summed E-state index contributed by atoms with van der Waals surface area (Å²) in [5, 5.41) is 1.05. The summed E-state index contributed by atoms with van der Waals surface area (Å²) in [6.07, 6.45) is 0. The van der Waals surface area contributed by atoms with Gasteiger partial charge in [-0.1, -0.05) is 41.5 Å². The summed E-state index contributed by atoms with van der Waals surface area (Å²) in [4.78, 5) is 12.2. The second kappa shape index (κ2) is 7.98. The molecule has 7 heteroatoms. The fourth-order valence-corrected chi connectivity index (χ4v) is 4.88. The Balaban J connectivity index is 2.46. The standard InChI is InChI=1S/C22H35BrO4Si2/c1-21(2,3)28(7,8)25-14-15-11-20(24)26-18-13-19(17(23)12-16(15)18)27-29(9,10)22(4,5)6/h11-13H,14H2,1-10H3. The Bertz CT molecular complexity index is 950. The fourth-order valence-electron chi connectivity index (χ4n) is 2.33. The fraction of sp³-hybridized carbons (Fsp3) is 0.591. The molecule has 29 heavy (non-hydrogen) atoms. The van der Waals surface area contributed by atoms with E-state index in [0.29, 0.717) is 12.2 Å². The first kappa shape index (κ1) is 24.4. The lowest BCUT2D eigenvalue weighted by atomic mass is 10.1. The molecule has 0 saturated heterocycles. The highest BCUT2D eigenvalue weighted by molar-refractivity contribution is 9.10. The third-order valence-corrected chi connectivity index (χ3v) is 15.9. The van der Waals surface area contributed by atoms with Crippen LogP contribution >= 0.6 is 15.9 Å². The van der Waals surface area contributed by atoms with Gasteiger partial charge < -0.3 is 13.3 Å². The second-order valence-electron chi connectivity index (χ2n) is 10.8. The van der Waals surface area contributed by atoms with Gasteiger partial charge in [-0.15, -0.1) is 0 Å². The SMILES string of the molecule is CC(C)(C)[Si](C)(C)OCc1cc(=O)oc2cc(O[Si](C)(C)C(C)(C)C)c(Br)cc12. The highest BCUT2D eigenvalue weighted by atomic mass is 79.9. The molecule has 162 valence electrons. The number of fused-ring (bicyclic) bond motifs is 1. The van der Waals surface area contributed by atoms with Crippen LogP contribution in [0.3, 0.4) is 0 Å². The molecular weight excluding hydrogens is 464 g/mol. The number of halogens is 1. The first-order valence-corrected chi connectivity index (χ1v) is 16.6. The zero-order valence-corrected chi connectivity index (χ0v) is 23.0. The monoisotopic (exact) mass is 498 g/mol. The van der Waals surface area contributed by atoms with Gasteiger partial charge in [0.25, 0.3) is 8.32 Å². The summed E-state index contributed by atoms with van der Waals surface area (Å²) < 4.78 is 19.2. The van der Waals surface area contributed by atoms with E-state index in [1.54, 1.807) is 0 Å². The van der Waals surface area contributed by atoms with E-state index < -0.39 is 16.6 Å². The van der Waals surface area contributed by atoms with Gasteiger partial charge in [0.15, 0.2) is 8.32 Å². The zero-order chi connectivity index (χ0) is 22.4. The molecule has 4 nitrogen and oxygen atoms in total. The molecule has 0 fully saturated rings. The van der Waals surface area contributed by atoms with Crippen LogP contribution in [0, 0.1) is 0 Å². The van der Waals surface area contributed by atoms with Crippen molar-refractivity contribution >= 4 is 43.5 Å². The molecule has 0 N–H and O–H groups in total. The van der Waals surface area contributed by atoms with Crippen LogP contribution < -0.4 is 10.1 Å². The number of hydrogen-bond donors (Lipinski definition) is 0. The maximum absolute atomic E-state index is 12.2. The van der Waals surface area contributed by atoms with Crippen molar-refractivity contribution in [3.8, 4) is 5.75 Å². The topological polar surface area (TPSA) is 48.7 Å². The molecule has 0 unspecified atom stereocenters. The lowest BCUT2D eigenvalue weighted by Gasteiger charge is -2.37. The van der Waals surface area contributed by atoms with Gasteiger partial charge in [0.2, 0.25) is 0 Å². The Hall–Kier alpha value is -0.896. The summed E-state index contributed by atoms with van der Waals surface area (Å²) in [5.41, 5.74) is 1.01. The molecule has 1 aromatic carbocycles. The predicted octanol–water partition coefficient (Wildman–Crippen LogP) is 7.46. The average molecular weight is 500 g/mol. The van der Waals surface area contributed by atoms with E-state index in [4.69, 9.17) is 13.3 Å². The minimum absolute atomic E-state index is 0.0705. The van der Waals surface area contributed by atoms with E-state index in [-0.39, 0.29) is 15.7 Å². The Morgan fingerprint density at radius 3 is 2.00 bits per heavy atom. The van der Waals surface area contributed by atoms with Gasteiger partial charge >= 0.3 is 5.63 Å². The maximum Gasteiger partial charge on any atom is 0.336 e. The Labute approximate surface area is 185 Å². The quantitative estimate of drug-likeness (QED) is 0.316. The molecular formula is C22H35BrO4Si2. The summed E-state index contributed by atoms with van der Waals surface area (Å²) in [6, 6.07) is 5.35. The van der Waals surface area contributed by atoms with E-state index in [1.165, 1.54) is 6.07 Å². The Morgan fingerprint density at radius 1 is 0.931 bits per heavy atom. The van der Waals surface area contributed by atoms with Gasteiger partial charge in [-0.25, -0.2) is 4.79 Å². The smallest absolute Gasteiger partial charge is 0.336 e. The van der Waals surface area contributed by atoms with Crippen LogP contribution in [0.25, 0.3) is 11.0 Å². The molecule has 0 atom stereocenters. The van der Waals surface area contributed by atoms with Crippen LogP contribution in [0.1, 0.15) is 47.1 Å². The number of hydrogen-bond acceptors (Lipinski definition) is 4. The third-order valence-electron chi connectivity index (χ3n) is 6.45. The van der Waals surface area contributed by atoms with Crippen molar-refractivity contribution in [2.45, 2.75) is 84.4 Å². The van der Waals surface area contributed by atoms with E-state index in [0.717, 1.165) is 21.2 Å². The van der Waals surface area contributed by atoms with Crippen molar-refractivity contribution in [2.75, 3.05) is 0 Å². The Kier molecular flexibility index (Phi) is 6.71. The lowest BCUT2D eigenvalue weighted by molar-refractivity contribution is 0.277. The van der Waals surface area contributed by atoms with Gasteiger partial charge in [-0.3, -0.25) is 0 Å². The molecule has 0 bridgehead atoms. The summed E-state index contributed by atoms with van der Waals surface area (Å²) in [6.45, 7) is 22.4. The van der Waals surface area contributed by atoms with E-state index >= 15 is 0 Å². The third kappa shape index (κ3) is 5.43. The van der Waals surface area contributed by atoms with Crippen LogP contribution in [0.2, 0.25) is 36.3 Å². The first-order valence-electron chi connectivity index (χ1n) is 10.0. The molecule has 0 aliphatic rings. The second-order valence-corrected chi connectivity index (χ2v) is 21.2. The van der Waals surface area contributed by atoms with E-state index in [9.17, 15) is 4.79 Å². The Morgan fingerprint density at radius 2 is 1.48 bits per heavy atom. The molecule has 0 aliphatic heterocycles. The molecule has 0 amide bonds. The van der Waals surface area contributed by atoms with E-state index in [1.807, 2.05) is 12.1 Å². The molecule has 1 aromatic heterocycles. The largest absolute Gasteiger partial charge is 0.543 e. The van der Waals surface area contributed by atoms with Crippen LogP contribution in [-0.2, 0) is 11.0 Å². The summed E-state index contributed by atoms with van der Waals surface area (Å²) in [7, 11) is -3.95. The summed E-state index contributed by atoms with van der Waals surface area (Å²) in [5.74, 6) is 0.717. The van der Waals surface area contributed by atoms with Gasteiger partial charge in [0.05, 0.1) is 11.1 Å². The van der Waals surface area contributed by atoms with Crippen molar-refractivity contribution in [2.24, 2.45) is 0 Å². The summed E-state index contributed by atoms with van der Waals surface area (Å²) >= 11 is 3.66. The van der Waals surface area contributed by atoms with Gasteiger partial charge in [-0.2, -0.15) is 0 Å². The van der Waals surface area contributed by atoms with Crippen molar-refractivity contribution in [1.82, 2.24) is 0 Å². The molecule has 2 aromatic rings. The van der Waals surface area contributed by atoms with Crippen molar-refractivity contribution in [3.05, 3.63) is 38.7 Å². The number of rotatable bonds is 5. The van der Waals surface area contributed by atoms with Gasteiger partial charge in [0, 0.05) is 17.5 Å². The highest BCUT2D eigenvalue weighted by Crippen LogP contribution is 2.41. The minimum atomic E-state index is -2.02. The molecule has 0 aliphatic carbocycles. The number of benzene rings is 1. The molecule has 1 heterocycles. The molecule has 0 saturated carbocycles. The first-order chi connectivity index (χ1) is 12.9. The van der Waals surface area contributed by atoms with Crippen LogP contribution in [-0.4, -0.2) is 16.6 Å². The van der Waals surface area contributed by atoms with Crippen LogP contribution in [0.5, 0.6) is 5.75 Å². The molecule has 2 rings (SSSR count). The van der Waals surface area contributed by atoms with Crippen LogP contribution in [0.4, 0.5) is 0 Å². The van der Waals surface area contributed by atoms with E-state index in [2.05, 4.69) is 83.7 Å². The molecule has 0 spiro atoms. The lowest BCUT2D eigenvalue weighted by Crippen LogP contribution is -2.43. The van der Waals surface area contributed by atoms with Crippen molar-refractivity contribution in [1.29, 1.82) is 0 Å². The average Bonchev–Trinajstić information content (AvgIpc) is 2.51. The van der Waals surface area contributed by atoms with Crippen molar-refractivity contribution in [3.63, 3.8) is 0 Å². The highest BCUT2D eigenvalue weighted by Gasteiger charge is 2.39. The molecule has 0 radical (unpaired) electrons. The van der Waals surface area contributed by atoms with Gasteiger partial charge in [0.1, 0.15) is 11.3 Å². The van der Waals surface area contributed by atoms with Crippen molar-refractivity contribution < 1.29 is 13.3 Å². The zero-order valence-electron chi connectivity index (χ0n) is 19.5. The van der Waals surface area contributed by atoms with Crippen LogP contribution in [0.15, 0.2) is 31.9 Å².